The van der Waals surface area contributed by atoms with Gasteiger partial charge in [-0.1, -0.05) is 32.4 Å². The Balaban J connectivity index is 2.66. The highest BCUT2D eigenvalue weighted by molar-refractivity contribution is 5.14. The molecule has 1 aliphatic heterocycles. The van der Waals surface area contributed by atoms with Crippen molar-refractivity contribution >= 4 is 0 Å². The summed E-state index contributed by atoms with van der Waals surface area (Å²) in [7, 11) is 0. The van der Waals surface area contributed by atoms with Gasteiger partial charge in [0, 0.05) is 0 Å². The SMILES string of the molecule is C/C=C(\C1CCNCC1)C(C)(C)C. The second kappa shape index (κ2) is 4.28. The molecule has 13 heavy (non-hydrogen) atoms. The van der Waals surface area contributed by atoms with E-state index in [-0.39, 0.29) is 0 Å². The number of nitrogens with one attached hydrogen (secondary N) is 1. The van der Waals surface area contributed by atoms with Crippen molar-refractivity contribution < 1.29 is 0 Å². The molecular formula is C12H23N. The topological polar surface area (TPSA) is 12.0 Å². The number of hydrogen-bond acceptors (Lipinski definition) is 1. The molecule has 0 unspecified atom stereocenters. The van der Waals surface area contributed by atoms with E-state index >= 15 is 0 Å². The van der Waals surface area contributed by atoms with E-state index in [4.69, 9.17) is 0 Å². The minimum atomic E-state index is 0.358. The van der Waals surface area contributed by atoms with Crippen molar-refractivity contribution in [3.05, 3.63) is 11.6 Å². The lowest BCUT2D eigenvalue weighted by atomic mass is 9.75. The molecule has 1 nitrogen and oxygen atoms in total. The summed E-state index contributed by atoms with van der Waals surface area (Å²) in [5.41, 5.74) is 2.01. The zero-order valence-corrected chi connectivity index (χ0v) is 9.48. The zero-order chi connectivity index (χ0) is 9.90. The lowest BCUT2D eigenvalue weighted by molar-refractivity contribution is 0.349. The van der Waals surface area contributed by atoms with Crippen molar-refractivity contribution in [1.29, 1.82) is 0 Å². The van der Waals surface area contributed by atoms with E-state index in [0.717, 1.165) is 5.92 Å². The van der Waals surface area contributed by atoms with Crippen molar-refractivity contribution in [2.24, 2.45) is 11.3 Å². The molecule has 1 aliphatic rings. The molecule has 1 N–H and O–H groups in total. The third-order valence-corrected chi connectivity index (χ3v) is 2.96. The minimum Gasteiger partial charge on any atom is -0.317 e. The highest BCUT2D eigenvalue weighted by atomic mass is 14.9. The molecule has 0 aromatic rings. The molecule has 0 bridgehead atoms. The number of hydrogen-bond donors (Lipinski definition) is 1. The molecule has 76 valence electrons. The lowest BCUT2D eigenvalue weighted by Crippen LogP contribution is -2.31. The predicted molar refractivity (Wildman–Crippen MR) is 58.8 cm³/mol. The maximum atomic E-state index is 3.42. The van der Waals surface area contributed by atoms with Crippen molar-refractivity contribution in [2.75, 3.05) is 13.1 Å². The largest absolute Gasteiger partial charge is 0.317 e. The smallest absolute Gasteiger partial charge is 0.00432 e. The first kappa shape index (κ1) is 10.8. The van der Waals surface area contributed by atoms with Crippen LogP contribution < -0.4 is 5.32 Å². The van der Waals surface area contributed by atoms with Crippen LogP contribution in [0.4, 0.5) is 0 Å². The summed E-state index contributed by atoms with van der Waals surface area (Å²) in [4.78, 5) is 0. The Kier molecular flexibility index (Phi) is 3.55. The Morgan fingerprint density at radius 2 is 1.77 bits per heavy atom. The van der Waals surface area contributed by atoms with Gasteiger partial charge in [-0.3, -0.25) is 0 Å². The van der Waals surface area contributed by atoms with E-state index in [1.807, 2.05) is 0 Å². The fourth-order valence-corrected chi connectivity index (χ4v) is 2.41. The van der Waals surface area contributed by atoms with Gasteiger partial charge in [0.05, 0.1) is 0 Å². The Morgan fingerprint density at radius 3 is 2.15 bits per heavy atom. The molecule has 0 amide bonds. The lowest BCUT2D eigenvalue weighted by Gasteiger charge is -2.33. The van der Waals surface area contributed by atoms with Crippen LogP contribution in [0.3, 0.4) is 0 Å². The quantitative estimate of drug-likeness (QED) is 0.613. The van der Waals surface area contributed by atoms with Gasteiger partial charge in [0.25, 0.3) is 0 Å². The third-order valence-electron chi connectivity index (χ3n) is 2.96. The van der Waals surface area contributed by atoms with Gasteiger partial charge in [-0.15, -0.1) is 0 Å². The third kappa shape index (κ3) is 2.84. The Morgan fingerprint density at radius 1 is 1.23 bits per heavy atom. The molecular weight excluding hydrogens is 158 g/mol. The van der Waals surface area contributed by atoms with Crippen LogP contribution >= 0.6 is 0 Å². The number of rotatable bonds is 1. The van der Waals surface area contributed by atoms with E-state index in [9.17, 15) is 0 Å². The minimum absolute atomic E-state index is 0.358. The second-order valence-electron chi connectivity index (χ2n) is 5.02. The Bertz CT molecular complexity index is 180. The van der Waals surface area contributed by atoms with Gasteiger partial charge >= 0.3 is 0 Å². The molecule has 0 aromatic carbocycles. The molecule has 1 rings (SSSR count). The molecule has 0 atom stereocenters. The predicted octanol–water partition coefficient (Wildman–Crippen LogP) is 2.98. The van der Waals surface area contributed by atoms with Crippen LogP contribution in [0.15, 0.2) is 11.6 Å². The van der Waals surface area contributed by atoms with Crippen LogP contribution in [-0.4, -0.2) is 13.1 Å². The van der Waals surface area contributed by atoms with Crippen LogP contribution in [0.25, 0.3) is 0 Å². The van der Waals surface area contributed by atoms with Gasteiger partial charge in [-0.2, -0.15) is 0 Å². The van der Waals surface area contributed by atoms with Crippen LogP contribution in [0, 0.1) is 11.3 Å². The number of piperidine rings is 1. The molecule has 0 radical (unpaired) electrons. The summed E-state index contributed by atoms with van der Waals surface area (Å²) in [6, 6.07) is 0. The van der Waals surface area contributed by atoms with Crippen LogP contribution in [0.1, 0.15) is 40.5 Å². The summed E-state index contributed by atoms with van der Waals surface area (Å²) < 4.78 is 0. The first-order valence-corrected chi connectivity index (χ1v) is 5.43. The number of allylic oxidation sites excluding steroid dienone is 2. The van der Waals surface area contributed by atoms with Crippen molar-refractivity contribution in [2.45, 2.75) is 40.5 Å². The van der Waals surface area contributed by atoms with Crippen molar-refractivity contribution in [3.8, 4) is 0 Å². The molecule has 1 fully saturated rings. The van der Waals surface area contributed by atoms with Gasteiger partial charge in [0.15, 0.2) is 0 Å². The molecule has 1 saturated heterocycles. The molecule has 0 aromatic heterocycles. The first-order valence-electron chi connectivity index (χ1n) is 5.43. The summed E-state index contributed by atoms with van der Waals surface area (Å²) >= 11 is 0. The Labute approximate surface area is 82.6 Å². The average molecular weight is 181 g/mol. The summed E-state index contributed by atoms with van der Waals surface area (Å²) in [5.74, 6) is 0.825. The van der Waals surface area contributed by atoms with Crippen molar-refractivity contribution in [3.63, 3.8) is 0 Å². The summed E-state index contributed by atoms with van der Waals surface area (Å²) in [6.45, 7) is 11.5. The fraction of sp³-hybridized carbons (Fsp3) is 0.833. The highest BCUT2D eigenvalue weighted by Crippen LogP contribution is 2.35. The monoisotopic (exact) mass is 181 g/mol. The average Bonchev–Trinajstić information content (AvgIpc) is 2.05. The summed E-state index contributed by atoms with van der Waals surface area (Å²) in [6.07, 6.45) is 4.96. The van der Waals surface area contributed by atoms with E-state index < -0.39 is 0 Å². The van der Waals surface area contributed by atoms with Gasteiger partial charge in [-0.25, -0.2) is 0 Å². The normalized spacial score (nSPS) is 22.0. The van der Waals surface area contributed by atoms with Gasteiger partial charge in [-0.05, 0) is 44.2 Å². The molecule has 1 heteroatoms. The summed E-state index contributed by atoms with van der Waals surface area (Å²) in [5, 5.41) is 3.42. The fourth-order valence-electron chi connectivity index (χ4n) is 2.41. The van der Waals surface area contributed by atoms with Gasteiger partial charge in [0.2, 0.25) is 0 Å². The first-order chi connectivity index (χ1) is 6.05. The van der Waals surface area contributed by atoms with Gasteiger partial charge < -0.3 is 5.32 Å². The van der Waals surface area contributed by atoms with Gasteiger partial charge in [0.1, 0.15) is 0 Å². The molecule has 0 spiro atoms. The van der Waals surface area contributed by atoms with E-state index in [0.29, 0.717) is 5.41 Å². The second-order valence-corrected chi connectivity index (χ2v) is 5.02. The molecule has 0 saturated carbocycles. The van der Waals surface area contributed by atoms with Crippen LogP contribution in [-0.2, 0) is 0 Å². The zero-order valence-electron chi connectivity index (χ0n) is 9.48. The molecule has 1 heterocycles. The standard InChI is InChI=1S/C12H23N/c1-5-11(12(2,3)4)10-6-8-13-9-7-10/h5,10,13H,6-9H2,1-4H3/b11-5+. The Hall–Kier alpha value is -0.300. The van der Waals surface area contributed by atoms with E-state index in [1.54, 1.807) is 5.57 Å². The maximum absolute atomic E-state index is 3.42. The van der Waals surface area contributed by atoms with E-state index in [1.165, 1.54) is 25.9 Å². The van der Waals surface area contributed by atoms with Crippen LogP contribution in [0.2, 0.25) is 0 Å². The maximum Gasteiger partial charge on any atom is -0.00432 e. The van der Waals surface area contributed by atoms with E-state index in [2.05, 4.69) is 39.1 Å². The molecule has 0 aliphatic carbocycles. The van der Waals surface area contributed by atoms with Crippen LogP contribution in [0.5, 0.6) is 0 Å². The van der Waals surface area contributed by atoms with Crippen molar-refractivity contribution in [1.82, 2.24) is 5.32 Å². The highest BCUT2D eigenvalue weighted by Gasteiger charge is 2.25.